The van der Waals surface area contributed by atoms with E-state index < -0.39 is 11.7 Å². The van der Waals surface area contributed by atoms with Gasteiger partial charge in [-0.25, -0.2) is 4.98 Å². The lowest BCUT2D eigenvalue weighted by atomic mass is 10.2. The summed E-state index contributed by atoms with van der Waals surface area (Å²) in [6.45, 7) is 0. The van der Waals surface area contributed by atoms with Crippen LogP contribution in [-0.4, -0.2) is 9.55 Å². The van der Waals surface area contributed by atoms with Gasteiger partial charge in [-0.3, -0.25) is 0 Å². The van der Waals surface area contributed by atoms with E-state index in [9.17, 15) is 13.2 Å². The first kappa shape index (κ1) is 9.05. The van der Waals surface area contributed by atoms with Gasteiger partial charge in [-0.1, -0.05) is 6.07 Å². The molecule has 0 saturated heterocycles. The van der Waals surface area contributed by atoms with Gasteiger partial charge in [0, 0.05) is 7.05 Å². The normalized spacial score (nSPS) is 12.3. The van der Waals surface area contributed by atoms with E-state index in [0.29, 0.717) is 5.52 Å². The molecule has 2 rings (SSSR count). The van der Waals surface area contributed by atoms with Gasteiger partial charge in [-0.05, 0) is 12.1 Å². The summed E-state index contributed by atoms with van der Waals surface area (Å²) < 4.78 is 38.8. The molecule has 1 aromatic heterocycles. The number of nitrogens with zero attached hydrogens (tertiary/aromatic N) is 2. The van der Waals surface area contributed by atoms with Crippen molar-refractivity contribution < 1.29 is 13.2 Å². The number of aryl methyl sites for hydroxylation is 1. The van der Waals surface area contributed by atoms with Gasteiger partial charge in [-0.2, -0.15) is 13.2 Å². The second-order valence-electron chi connectivity index (χ2n) is 2.94. The quantitative estimate of drug-likeness (QED) is 0.637. The van der Waals surface area contributed by atoms with Gasteiger partial charge in [0.05, 0.1) is 11.1 Å². The number of imidazole rings is 1. The first-order valence-corrected chi connectivity index (χ1v) is 3.90. The lowest BCUT2D eigenvalue weighted by Gasteiger charge is -2.06. The van der Waals surface area contributed by atoms with E-state index in [0.717, 1.165) is 6.07 Å². The van der Waals surface area contributed by atoms with E-state index >= 15 is 0 Å². The number of rotatable bonds is 0. The topological polar surface area (TPSA) is 17.8 Å². The third-order valence-corrected chi connectivity index (χ3v) is 1.99. The Labute approximate surface area is 78.0 Å². The van der Waals surface area contributed by atoms with Gasteiger partial charge >= 0.3 is 6.18 Å². The Morgan fingerprint density at radius 1 is 1.36 bits per heavy atom. The number of alkyl halides is 3. The Morgan fingerprint density at radius 3 is 2.71 bits per heavy atom. The highest BCUT2D eigenvalue weighted by atomic mass is 19.4. The molecule has 2 nitrogen and oxygen atoms in total. The molecule has 5 heteroatoms. The van der Waals surface area contributed by atoms with Crippen molar-refractivity contribution in [3.63, 3.8) is 0 Å². The van der Waals surface area contributed by atoms with Gasteiger partial charge < -0.3 is 4.57 Å². The summed E-state index contributed by atoms with van der Waals surface area (Å²) in [6, 6.07) is 3.96. The third-order valence-electron chi connectivity index (χ3n) is 1.99. The van der Waals surface area contributed by atoms with Gasteiger partial charge in [0.1, 0.15) is 5.52 Å². The first-order valence-electron chi connectivity index (χ1n) is 3.90. The summed E-state index contributed by atoms with van der Waals surface area (Å²) in [6.07, 6.45) is -1.90. The molecule has 0 spiro atoms. The molecular formula is C9H6F3N2. The summed E-state index contributed by atoms with van der Waals surface area (Å²) in [4.78, 5) is 3.60. The number of hydrogen-bond donors (Lipinski definition) is 0. The number of fused-ring (bicyclic) bond motifs is 1. The molecule has 14 heavy (non-hydrogen) atoms. The molecule has 0 aliphatic rings. The average molecular weight is 199 g/mol. The van der Waals surface area contributed by atoms with Crippen molar-refractivity contribution in [3.05, 3.63) is 30.1 Å². The SMILES string of the molecule is Cn1[c]nc2c(C(F)(F)F)cccc21. The molecule has 1 heterocycles. The largest absolute Gasteiger partial charge is 0.418 e. The molecule has 0 saturated carbocycles. The molecule has 0 aliphatic carbocycles. The van der Waals surface area contributed by atoms with E-state index in [1.54, 1.807) is 13.1 Å². The van der Waals surface area contributed by atoms with Crippen molar-refractivity contribution in [1.29, 1.82) is 0 Å². The molecule has 2 aromatic rings. The predicted molar refractivity (Wildman–Crippen MR) is 44.6 cm³/mol. The van der Waals surface area contributed by atoms with Crippen molar-refractivity contribution in [2.75, 3.05) is 0 Å². The molecule has 0 unspecified atom stereocenters. The molecular weight excluding hydrogens is 193 g/mol. The Bertz CT molecular complexity index is 470. The highest BCUT2D eigenvalue weighted by Gasteiger charge is 2.33. The van der Waals surface area contributed by atoms with Crippen molar-refractivity contribution in [3.8, 4) is 0 Å². The van der Waals surface area contributed by atoms with E-state index in [-0.39, 0.29) is 5.52 Å². The van der Waals surface area contributed by atoms with E-state index in [1.165, 1.54) is 10.6 Å². The van der Waals surface area contributed by atoms with Crippen LogP contribution in [0.1, 0.15) is 5.56 Å². The smallest absolute Gasteiger partial charge is 0.324 e. The van der Waals surface area contributed by atoms with E-state index in [1.807, 2.05) is 0 Å². The molecule has 1 aromatic carbocycles. The summed E-state index contributed by atoms with van der Waals surface area (Å²) in [5.41, 5.74) is -0.339. The van der Waals surface area contributed by atoms with Crippen LogP contribution in [0.2, 0.25) is 0 Å². The third kappa shape index (κ3) is 1.25. The predicted octanol–water partition coefficient (Wildman–Crippen LogP) is 2.39. The second kappa shape index (κ2) is 2.73. The van der Waals surface area contributed by atoms with E-state index in [2.05, 4.69) is 11.3 Å². The first-order chi connectivity index (χ1) is 6.50. The molecule has 0 N–H and O–H groups in total. The Hall–Kier alpha value is -1.52. The number of halogens is 3. The van der Waals surface area contributed by atoms with Gasteiger partial charge in [0.15, 0.2) is 6.33 Å². The molecule has 73 valence electrons. The minimum Gasteiger partial charge on any atom is -0.324 e. The van der Waals surface area contributed by atoms with Crippen LogP contribution in [-0.2, 0) is 13.2 Å². The number of benzene rings is 1. The van der Waals surface area contributed by atoms with E-state index in [4.69, 9.17) is 0 Å². The Morgan fingerprint density at radius 2 is 2.07 bits per heavy atom. The van der Waals surface area contributed by atoms with Crippen LogP contribution in [0.3, 0.4) is 0 Å². The summed E-state index contributed by atoms with van der Waals surface area (Å²) in [5.74, 6) is 0. The fourth-order valence-electron chi connectivity index (χ4n) is 1.33. The fraction of sp³-hybridized carbons (Fsp3) is 0.222. The monoisotopic (exact) mass is 199 g/mol. The maximum atomic E-state index is 12.5. The molecule has 0 atom stereocenters. The lowest BCUT2D eigenvalue weighted by Crippen LogP contribution is -2.05. The summed E-state index contributed by atoms with van der Waals surface area (Å²) >= 11 is 0. The van der Waals surface area contributed by atoms with Gasteiger partial charge in [0.25, 0.3) is 0 Å². The average Bonchev–Trinajstić information content (AvgIpc) is 2.46. The fourth-order valence-corrected chi connectivity index (χ4v) is 1.33. The van der Waals surface area contributed by atoms with Crippen LogP contribution in [0.4, 0.5) is 13.2 Å². The van der Waals surface area contributed by atoms with Crippen molar-refractivity contribution >= 4 is 11.0 Å². The minimum absolute atomic E-state index is 0.0532. The lowest BCUT2D eigenvalue weighted by molar-refractivity contribution is -0.136. The molecule has 0 amide bonds. The Balaban J connectivity index is 2.79. The molecule has 0 aliphatic heterocycles. The Kier molecular flexibility index (Phi) is 1.77. The number of hydrogen-bond acceptors (Lipinski definition) is 1. The van der Waals surface area contributed by atoms with Crippen LogP contribution in [0.25, 0.3) is 11.0 Å². The minimum atomic E-state index is -4.36. The van der Waals surface area contributed by atoms with Crippen LogP contribution in [0.15, 0.2) is 18.2 Å². The van der Waals surface area contributed by atoms with Gasteiger partial charge in [0.2, 0.25) is 0 Å². The zero-order valence-corrected chi connectivity index (χ0v) is 7.26. The van der Waals surface area contributed by atoms with Crippen molar-refractivity contribution in [1.82, 2.24) is 9.55 Å². The molecule has 0 bridgehead atoms. The molecule has 1 radical (unpaired) electrons. The highest BCUT2D eigenvalue weighted by molar-refractivity contribution is 5.79. The van der Waals surface area contributed by atoms with Crippen molar-refractivity contribution in [2.45, 2.75) is 6.18 Å². The highest BCUT2D eigenvalue weighted by Crippen LogP contribution is 2.33. The van der Waals surface area contributed by atoms with Crippen LogP contribution >= 0.6 is 0 Å². The summed E-state index contributed by atoms with van der Waals surface area (Å²) in [7, 11) is 1.61. The van der Waals surface area contributed by atoms with Crippen LogP contribution in [0.5, 0.6) is 0 Å². The van der Waals surface area contributed by atoms with Crippen LogP contribution in [0, 0.1) is 6.33 Å². The number of aromatic nitrogens is 2. The second-order valence-corrected chi connectivity index (χ2v) is 2.94. The zero-order valence-electron chi connectivity index (χ0n) is 7.26. The maximum Gasteiger partial charge on any atom is 0.418 e. The number of para-hydroxylation sites is 1. The van der Waals surface area contributed by atoms with Gasteiger partial charge in [-0.15, -0.1) is 0 Å². The standard InChI is InChI=1S/C9H6F3N2/c1-14-5-13-8-6(9(10,11)12)3-2-4-7(8)14/h2-4H,1H3. The molecule has 0 fully saturated rings. The van der Waals surface area contributed by atoms with Crippen LogP contribution < -0.4 is 0 Å². The maximum absolute atomic E-state index is 12.5. The van der Waals surface area contributed by atoms with Crippen molar-refractivity contribution in [2.24, 2.45) is 7.05 Å². The zero-order chi connectivity index (χ0) is 10.3. The summed E-state index contributed by atoms with van der Waals surface area (Å²) in [5, 5.41) is 0.